The Hall–Kier alpha value is -0.0400. The van der Waals surface area contributed by atoms with Crippen LogP contribution in [0.3, 0.4) is 0 Å². The van der Waals surface area contributed by atoms with Gasteiger partial charge in [0.25, 0.3) is 0 Å². The van der Waals surface area contributed by atoms with Crippen LogP contribution in [0.4, 0.5) is 0 Å². The van der Waals surface area contributed by atoms with Crippen LogP contribution in [-0.4, -0.2) is 12.1 Å². The lowest BCUT2D eigenvalue weighted by Crippen LogP contribution is -2.36. The highest BCUT2D eigenvalue weighted by molar-refractivity contribution is 4.81. The van der Waals surface area contributed by atoms with E-state index in [1.807, 2.05) is 0 Å². The fraction of sp³-hybridized carbons (Fsp3) is 1.00. The fourth-order valence-electron chi connectivity index (χ4n) is 2.98. The molecule has 1 heteroatoms. The molecular weight excluding hydrogens is 182 g/mol. The minimum atomic E-state index is 0.760. The molecule has 2 saturated carbocycles. The molecule has 2 rings (SSSR count). The van der Waals surface area contributed by atoms with Gasteiger partial charge in [0.15, 0.2) is 0 Å². The van der Waals surface area contributed by atoms with E-state index in [1.165, 1.54) is 51.4 Å². The highest BCUT2D eigenvalue weighted by Gasteiger charge is 2.25. The van der Waals surface area contributed by atoms with Crippen molar-refractivity contribution in [3.63, 3.8) is 0 Å². The van der Waals surface area contributed by atoms with E-state index in [-0.39, 0.29) is 0 Å². The molecule has 0 aromatic carbocycles. The Labute approximate surface area is 95.0 Å². The summed E-state index contributed by atoms with van der Waals surface area (Å²) in [7, 11) is 0. The van der Waals surface area contributed by atoms with Crippen molar-refractivity contribution in [1.29, 1.82) is 0 Å². The molecule has 2 aliphatic rings. The van der Waals surface area contributed by atoms with Crippen molar-refractivity contribution >= 4 is 0 Å². The second kappa shape index (κ2) is 5.34. The Balaban J connectivity index is 1.67. The van der Waals surface area contributed by atoms with Crippen LogP contribution in [0.15, 0.2) is 0 Å². The van der Waals surface area contributed by atoms with Gasteiger partial charge in [0.2, 0.25) is 0 Å². The maximum Gasteiger partial charge on any atom is 0.00696 e. The fourth-order valence-corrected chi connectivity index (χ4v) is 2.98. The molecule has 2 fully saturated rings. The third kappa shape index (κ3) is 4.14. The molecule has 15 heavy (non-hydrogen) atoms. The van der Waals surface area contributed by atoms with Crippen molar-refractivity contribution in [3.8, 4) is 0 Å². The molecule has 3 unspecified atom stereocenters. The first-order chi connectivity index (χ1) is 7.24. The van der Waals surface area contributed by atoms with Crippen LogP contribution < -0.4 is 5.32 Å². The van der Waals surface area contributed by atoms with Gasteiger partial charge in [-0.1, -0.05) is 32.6 Å². The Morgan fingerprint density at radius 1 is 1.07 bits per heavy atom. The predicted molar refractivity (Wildman–Crippen MR) is 66.0 cm³/mol. The maximum absolute atomic E-state index is 3.85. The minimum absolute atomic E-state index is 0.760. The van der Waals surface area contributed by atoms with Crippen LogP contribution in [-0.2, 0) is 0 Å². The van der Waals surface area contributed by atoms with Crippen molar-refractivity contribution in [2.45, 2.75) is 77.3 Å². The summed E-state index contributed by atoms with van der Waals surface area (Å²) in [5, 5.41) is 3.85. The number of hydrogen-bond donors (Lipinski definition) is 1. The van der Waals surface area contributed by atoms with Gasteiger partial charge < -0.3 is 5.32 Å². The third-order valence-electron chi connectivity index (χ3n) is 4.16. The average molecular weight is 209 g/mol. The summed E-state index contributed by atoms with van der Waals surface area (Å²) in [6.07, 6.45) is 11.6. The van der Waals surface area contributed by atoms with E-state index < -0.39 is 0 Å². The topological polar surface area (TPSA) is 12.0 Å². The summed E-state index contributed by atoms with van der Waals surface area (Å²) in [6.45, 7) is 4.79. The monoisotopic (exact) mass is 209 g/mol. The largest absolute Gasteiger partial charge is 0.311 e. The molecule has 1 nitrogen and oxygen atoms in total. The SMILES string of the molecule is CC1CCCC(NC(C)CC2CC2)CC1. The lowest BCUT2D eigenvalue weighted by atomic mass is 10.0. The van der Waals surface area contributed by atoms with Crippen LogP contribution >= 0.6 is 0 Å². The lowest BCUT2D eigenvalue weighted by Gasteiger charge is -2.22. The molecule has 88 valence electrons. The van der Waals surface area contributed by atoms with Crippen LogP contribution in [0.25, 0.3) is 0 Å². The Bertz CT molecular complexity index is 186. The van der Waals surface area contributed by atoms with Gasteiger partial charge in [-0.15, -0.1) is 0 Å². The van der Waals surface area contributed by atoms with Crippen LogP contribution in [0.1, 0.15) is 65.2 Å². The van der Waals surface area contributed by atoms with E-state index >= 15 is 0 Å². The highest BCUT2D eigenvalue weighted by Crippen LogP contribution is 2.33. The Morgan fingerprint density at radius 2 is 1.87 bits per heavy atom. The molecule has 1 N–H and O–H groups in total. The zero-order chi connectivity index (χ0) is 10.7. The number of nitrogens with one attached hydrogen (secondary N) is 1. The molecule has 0 aliphatic heterocycles. The molecule has 0 aromatic heterocycles. The normalized spacial score (nSPS) is 34.8. The summed E-state index contributed by atoms with van der Waals surface area (Å²) in [5.41, 5.74) is 0. The predicted octanol–water partition coefficient (Wildman–Crippen LogP) is 3.73. The summed E-state index contributed by atoms with van der Waals surface area (Å²) in [4.78, 5) is 0. The van der Waals surface area contributed by atoms with E-state index in [0.717, 1.165) is 23.9 Å². The van der Waals surface area contributed by atoms with Gasteiger partial charge in [-0.3, -0.25) is 0 Å². The Morgan fingerprint density at radius 3 is 2.60 bits per heavy atom. The molecule has 0 bridgehead atoms. The number of rotatable bonds is 4. The van der Waals surface area contributed by atoms with Gasteiger partial charge >= 0.3 is 0 Å². The molecule has 0 saturated heterocycles. The van der Waals surface area contributed by atoms with Crippen molar-refractivity contribution in [2.75, 3.05) is 0 Å². The smallest absolute Gasteiger partial charge is 0.00696 e. The van der Waals surface area contributed by atoms with Crippen molar-refractivity contribution in [1.82, 2.24) is 5.32 Å². The summed E-state index contributed by atoms with van der Waals surface area (Å²) in [6, 6.07) is 1.58. The van der Waals surface area contributed by atoms with E-state index in [0.29, 0.717) is 0 Å². The molecular formula is C14H27N. The van der Waals surface area contributed by atoms with E-state index in [2.05, 4.69) is 19.2 Å². The molecule has 0 aromatic rings. The van der Waals surface area contributed by atoms with Crippen molar-refractivity contribution in [3.05, 3.63) is 0 Å². The molecule has 0 amide bonds. The summed E-state index contributed by atoms with van der Waals surface area (Å²) in [5.74, 6) is 2.03. The van der Waals surface area contributed by atoms with E-state index in [1.54, 1.807) is 0 Å². The number of hydrogen-bond acceptors (Lipinski definition) is 1. The van der Waals surface area contributed by atoms with Gasteiger partial charge in [-0.25, -0.2) is 0 Å². The third-order valence-corrected chi connectivity index (χ3v) is 4.16. The van der Waals surface area contributed by atoms with Crippen molar-refractivity contribution in [2.24, 2.45) is 11.8 Å². The summed E-state index contributed by atoms with van der Waals surface area (Å²) < 4.78 is 0. The molecule has 3 atom stereocenters. The van der Waals surface area contributed by atoms with E-state index in [9.17, 15) is 0 Å². The quantitative estimate of drug-likeness (QED) is 0.696. The van der Waals surface area contributed by atoms with Crippen LogP contribution in [0.2, 0.25) is 0 Å². The first-order valence-electron chi connectivity index (χ1n) is 7.00. The Kier molecular flexibility index (Phi) is 4.07. The van der Waals surface area contributed by atoms with Crippen LogP contribution in [0, 0.1) is 11.8 Å². The molecule has 2 aliphatic carbocycles. The lowest BCUT2D eigenvalue weighted by molar-refractivity contribution is 0.380. The van der Waals surface area contributed by atoms with Crippen molar-refractivity contribution < 1.29 is 0 Å². The molecule has 0 spiro atoms. The zero-order valence-electron chi connectivity index (χ0n) is 10.5. The minimum Gasteiger partial charge on any atom is -0.311 e. The first-order valence-corrected chi connectivity index (χ1v) is 7.00. The van der Waals surface area contributed by atoms with Crippen LogP contribution in [0.5, 0.6) is 0 Å². The summed E-state index contributed by atoms with van der Waals surface area (Å²) >= 11 is 0. The van der Waals surface area contributed by atoms with E-state index in [4.69, 9.17) is 0 Å². The van der Waals surface area contributed by atoms with Gasteiger partial charge in [-0.05, 0) is 44.4 Å². The van der Waals surface area contributed by atoms with Gasteiger partial charge in [-0.2, -0.15) is 0 Å². The maximum atomic E-state index is 3.85. The molecule has 0 heterocycles. The van der Waals surface area contributed by atoms with Gasteiger partial charge in [0, 0.05) is 12.1 Å². The average Bonchev–Trinajstić information content (AvgIpc) is 2.97. The standard InChI is InChI=1S/C14H27N/c1-11-4-3-5-14(9-6-11)15-12(2)10-13-7-8-13/h11-15H,3-10H2,1-2H3. The first kappa shape index (κ1) is 11.4. The highest BCUT2D eigenvalue weighted by atomic mass is 14.9. The molecule has 0 radical (unpaired) electrons. The zero-order valence-corrected chi connectivity index (χ0v) is 10.5. The second-order valence-electron chi connectivity index (χ2n) is 6.06. The second-order valence-corrected chi connectivity index (χ2v) is 6.06. The van der Waals surface area contributed by atoms with Gasteiger partial charge in [0.1, 0.15) is 0 Å². The van der Waals surface area contributed by atoms with Gasteiger partial charge in [0.05, 0.1) is 0 Å².